The molecule has 0 spiro atoms. The van der Waals surface area contributed by atoms with Crippen LogP contribution in [-0.4, -0.2) is 28.9 Å². The minimum atomic E-state index is -0.146. The first-order valence-electron chi connectivity index (χ1n) is 6.09. The standard InChI is InChI=1S/C14H14ClN3O2S/c1-18(8-11-5-6-12(15)21-11)14(19)10-4-2-3-9(7-10)13(16)17-20/h2-7,20H,8H2,1H3,(H2,16,17). The number of carbonyl (C=O) groups excluding carboxylic acids is 1. The van der Waals surface area contributed by atoms with Crippen molar-refractivity contribution in [3.8, 4) is 0 Å². The predicted octanol–water partition coefficient (Wildman–Crippen LogP) is 2.77. The molecule has 1 amide bonds. The molecule has 0 aliphatic heterocycles. The lowest BCUT2D eigenvalue weighted by molar-refractivity contribution is 0.0786. The van der Waals surface area contributed by atoms with E-state index in [1.807, 2.05) is 6.07 Å². The van der Waals surface area contributed by atoms with Crippen molar-refractivity contribution in [1.82, 2.24) is 4.90 Å². The second kappa shape index (κ2) is 6.60. The van der Waals surface area contributed by atoms with Gasteiger partial charge in [0.15, 0.2) is 5.84 Å². The summed E-state index contributed by atoms with van der Waals surface area (Å²) in [6, 6.07) is 10.3. The SMILES string of the molecule is CN(Cc1ccc(Cl)s1)C(=O)c1cccc(C(N)=NO)c1. The highest BCUT2D eigenvalue weighted by Crippen LogP contribution is 2.22. The van der Waals surface area contributed by atoms with Crippen molar-refractivity contribution in [2.24, 2.45) is 10.9 Å². The Morgan fingerprint density at radius 1 is 1.38 bits per heavy atom. The highest BCUT2D eigenvalue weighted by atomic mass is 35.5. The summed E-state index contributed by atoms with van der Waals surface area (Å²) in [7, 11) is 1.71. The molecule has 0 atom stereocenters. The second-order valence-corrected chi connectivity index (χ2v) is 6.23. The van der Waals surface area contributed by atoms with Crippen LogP contribution in [0.1, 0.15) is 20.8 Å². The van der Waals surface area contributed by atoms with Gasteiger partial charge in [-0.05, 0) is 24.3 Å². The van der Waals surface area contributed by atoms with Crippen molar-refractivity contribution in [3.05, 3.63) is 56.7 Å². The third-order valence-corrected chi connectivity index (χ3v) is 4.10. The second-order valence-electron chi connectivity index (χ2n) is 4.43. The summed E-state index contributed by atoms with van der Waals surface area (Å²) in [6.45, 7) is 0.476. The number of nitrogens with zero attached hydrogens (tertiary/aromatic N) is 2. The van der Waals surface area contributed by atoms with Gasteiger partial charge in [-0.2, -0.15) is 0 Å². The van der Waals surface area contributed by atoms with Crippen molar-refractivity contribution < 1.29 is 10.0 Å². The third kappa shape index (κ3) is 3.74. The van der Waals surface area contributed by atoms with Gasteiger partial charge in [-0.3, -0.25) is 4.79 Å². The van der Waals surface area contributed by atoms with Crippen LogP contribution >= 0.6 is 22.9 Å². The summed E-state index contributed by atoms with van der Waals surface area (Å²) in [5.41, 5.74) is 6.50. The molecule has 0 aliphatic carbocycles. The topological polar surface area (TPSA) is 78.9 Å². The first-order chi connectivity index (χ1) is 10.0. The number of amides is 1. The number of halogens is 1. The van der Waals surface area contributed by atoms with E-state index in [0.29, 0.717) is 22.0 Å². The number of thiophene rings is 1. The van der Waals surface area contributed by atoms with Crippen LogP contribution in [0.2, 0.25) is 4.34 Å². The minimum absolute atomic E-state index is 0.0302. The van der Waals surface area contributed by atoms with Gasteiger partial charge in [0, 0.05) is 23.1 Å². The molecule has 110 valence electrons. The van der Waals surface area contributed by atoms with Crippen molar-refractivity contribution in [2.75, 3.05) is 7.05 Å². The third-order valence-electron chi connectivity index (χ3n) is 2.88. The maximum absolute atomic E-state index is 12.4. The molecule has 1 aromatic heterocycles. The molecule has 0 radical (unpaired) electrons. The Labute approximate surface area is 131 Å². The summed E-state index contributed by atoms with van der Waals surface area (Å²) in [5, 5.41) is 11.6. The first kappa shape index (κ1) is 15.3. The summed E-state index contributed by atoms with van der Waals surface area (Å²) < 4.78 is 0.694. The molecule has 0 saturated heterocycles. The van der Waals surface area contributed by atoms with E-state index < -0.39 is 0 Å². The number of carbonyl (C=O) groups is 1. The van der Waals surface area contributed by atoms with E-state index in [1.165, 1.54) is 11.3 Å². The van der Waals surface area contributed by atoms with Gasteiger partial charge in [0.05, 0.1) is 10.9 Å². The summed E-state index contributed by atoms with van der Waals surface area (Å²) in [4.78, 5) is 15.0. The summed E-state index contributed by atoms with van der Waals surface area (Å²) >= 11 is 7.32. The Morgan fingerprint density at radius 2 is 2.10 bits per heavy atom. The van der Waals surface area contributed by atoms with Gasteiger partial charge in [0.2, 0.25) is 0 Å². The van der Waals surface area contributed by atoms with E-state index in [9.17, 15) is 4.79 Å². The molecule has 1 heterocycles. The Kier molecular flexibility index (Phi) is 4.82. The first-order valence-corrected chi connectivity index (χ1v) is 7.28. The van der Waals surface area contributed by atoms with E-state index in [0.717, 1.165) is 4.88 Å². The number of benzene rings is 1. The average Bonchev–Trinajstić information content (AvgIpc) is 2.90. The number of amidine groups is 1. The van der Waals surface area contributed by atoms with Crippen LogP contribution in [0.3, 0.4) is 0 Å². The lowest BCUT2D eigenvalue weighted by Crippen LogP contribution is -2.26. The quantitative estimate of drug-likeness (QED) is 0.393. The van der Waals surface area contributed by atoms with Gasteiger partial charge in [-0.25, -0.2) is 0 Å². The van der Waals surface area contributed by atoms with Gasteiger partial charge in [0.25, 0.3) is 5.91 Å². The van der Waals surface area contributed by atoms with Crippen molar-refractivity contribution in [3.63, 3.8) is 0 Å². The lowest BCUT2D eigenvalue weighted by atomic mass is 10.1. The van der Waals surface area contributed by atoms with Gasteiger partial charge >= 0.3 is 0 Å². The number of oxime groups is 1. The molecule has 7 heteroatoms. The minimum Gasteiger partial charge on any atom is -0.409 e. The molecule has 2 aromatic rings. The van der Waals surface area contributed by atoms with Crippen LogP contribution in [0.15, 0.2) is 41.6 Å². The maximum atomic E-state index is 12.4. The number of nitrogens with two attached hydrogens (primary N) is 1. The molecule has 21 heavy (non-hydrogen) atoms. The Balaban J connectivity index is 2.15. The van der Waals surface area contributed by atoms with Crippen LogP contribution in [0.4, 0.5) is 0 Å². The van der Waals surface area contributed by atoms with Crippen LogP contribution < -0.4 is 5.73 Å². The Bertz CT molecular complexity index is 684. The van der Waals surface area contributed by atoms with E-state index in [4.69, 9.17) is 22.5 Å². The fourth-order valence-electron chi connectivity index (χ4n) is 1.83. The lowest BCUT2D eigenvalue weighted by Gasteiger charge is -2.16. The van der Waals surface area contributed by atoms with E-state index in [-0.39, 0.29) is 11.7 Å². The Hall–Kier alpha value is -2.05. The fourth-order valence-corrected chi connectivity index (χ4v) is 2.97. The van der Waals surface area contributed by atoms with Gasteiger partial charge < -0.3 is 15.8 Å². The molecule has 5 nitrogen and oxygen atoms in total. The highest BCUT2D eigenvalue weighted by Gasteiger charge is 2.14. The molecule has 0 unspecified atom stereocenters. The molecule has 0 bridgehead atoms. The smallest absolute Gasteiger partial charge is 0.253 e. The summed E-state index contributed by atoms with van der Waals surface area (Å²) in [5.74, 6) is -0.176. The number of hydrogen-bond donors (Lipinski definition) is 2. The number of hydrogen-bond acceptors (Lipinski definition) is 4. The zero-order valence-electron chi connectivity index (χ0n) is 11.3. The molecular weight excluding hydrogens is 310 g/mol. The van der Waals surface area contributed by atoms with Crippen molar-refractivity contribution in [1.29, 1.82) is 0 Å². The average molecular weight is 324 g/mol. The molecule has 2 rings (SSSR count). The summed E-state index contributed by atoms with van der Waals surface area (Å²) in [6.07, 6.45) is 0. The largest absolute Gasteiger partial charge is 0.409 e. The van der Waals surface area contributed by atoms with E-state index >= 15 is 0 Å². The molecule has 0 saturated carbocycles. The van der Waals surface area contributed by atoms with Gasteiger partial charge in [-0.15, -0.1) is 11.3 Å². The van der Waals surface area contributed by atoms with E-state index in [2.05, 4.69) is 5.16 Å². The maximum Gasteiger partial charge on any atom is 0.253 e. The highest BCUT2D eigenvalue weighted by molar-refractivity contribution is 7.16. The van der Waals surface area contributed by atoms with Crippen LogP contribution in [0.25, 0.3) is 0 Å². The monoisotopic (exact) mass is 323 g/mol. The van der Waals surface area contributed by atoms with Gasteiger partial charge in [-0.1, -0.05) is 28.9 Å². The van der Waals surface area contributed by atoms with E-state index in [1.54, 1.807) is 42.3 Å². The zero-order chi connectivity index (χ0) is 15.4. The number of rotatable bonds is 4. The van der Waals surface area contributed by atoms with Crippen molar-refractivity contribution in [2.45, 2.75) is 6.54 Å². The molecule has 0 fully saturated rings. The van der Waals surface area contributed by atoms with Gasteiger partial charge in [0.1, 0.15) is 0 Å². The van der Waals surface area contributed by atoms with Crippen LogP contribution in [0, 0.1) is 0 Å². The molecule has 1 aromatic carbocycles. The predicted molar refractivity (Wildman–Crippen MR) is 84.1 cm³/mol. The fraction of sp³-hybridized carbons (Fsp3) is 0.143. The Morgan fingerprint density at radius 3 is 2.71 bits per heavy atom. The molecule has 3 N–H and O–H groups in total. The van der Waals surface area contributed by atoms with Crippen LogP contribution in [-0.2, 0) is 6.54 Å². The van der Waals surface area contributed by atoms with Crippen molar-refractivity contribution >= 4 is 34.7 Å². The van der Waals surface area contributed by atoms with Crippen LogP contribution in [0.5, 0.6) is 0 Å². The zero-order valence-corrected chi connectivity index (χ0v) is 12.9. The molecular formula is C14H14ClN3O2S. The molecule has 0 aliphatic rings. The normalized spacial score (nSPS) is 11.4.